The Morgan fingerprint density at radius 1 is 0.944 bits per heavy atom. The molecule has 0 radical (unpaired) electrons. The molecule has 36 heavy (non-hydrogen) atoms. The van der Waals surface area contributed by atoms with Crippen molar-refractivity contribution in [3.63, 3.8) is 0 Å². The van der Waals surface area contributed by atoms with Crippen LogP contribution in [0.2, 0.25) is 0 Å². The fourth-order valence-corrected chi connectivity index (χ4v) is 4.39. The van der Waals surface area contributed by atoms with Gasteiger partial charge < -0.3 is 15.4 Å². The highest BCUT2D eigenvalue weighted by Gasteiger charge is 2.48. The van der Waals surface area contributed by atoms with Crippen molar-refractivity contribution in [1.29, 1.82) is 0 Å². The van der Waals surface area contributed by atoms with Crippen LogP contribution in [-0.4, -0.2) is 34.9 Å². The zero-order valence-electron chi connectivity index (χ0n) is 20.1. The lowest BCUT2D eigenvalue weighted by atomic mass is 10.00. The SMILES string of the molecule is Cc1ccc(CN2C(=O)OC(c3cccc(NC(=O)Cc4ccccc4)c3)C2C(=O)NC2CC2)cc1. The summed E-state index contributed by atoms with van der Waals surface area (Å²) in [6.07, 6.45) is 0.820. The largest absolute Gasteiger partial charge is 0.438 e. The molecule has 2 fully saturated rings. The molecule has 1 saturated carbocycles. The third-order valence-corrected chi connectivity index (χ3v) is 6.46. The number of rotatable bonds is 8. The Hall–Kier alpha value is -4.13. The Balaban J connectivity index is 1.36. The second-order valence-electron chi connectivity index (χ2n) is 9.48. The van der Waals surface area contributed by atoms with Crippen LogP contribution in [0.25, 0.3) is 0 Å². The number of benzene rings is 3. The minimum absolute atomic E-state index is 0.147. The van der Waals surface area contributed by atoms with Crippen LogP contribution >= 0.6 is 0 Å². The molecule has 7 heteroatoms. The summed E-state index contributed by atoms with van der Waals surface area (Å²) in [7, 11) is 0. The molecule has 5 rings (SSSR count). The molecular weight excluding hydrogens is 454 g/mol. The van der Waals surface area contributed by atoms with Crippen molar-refractivity contribution in [2.24, 2.45) is 0 Å². The summed E-state index contributed by atoms with van der Waals surface area (Å²) in [5.41, 5.74) is 4.20. The fourth-order valence-electron chi connectivity index (χ4n) is 4.39. The van der Waals surface area contributed by atoms with Crippen molar-refractivity contribution in [3.05, 3.63) is 101 Å². The highest BCUT2D eigenvalue weighted by atomic mass is 16.6. The van der Waals surface area contributed by atoms with Gasteiger partial charge in [-0.3, -0.25) is 14.5 Å². The van der Waals surface area contributed by atoms with Crippen molar-refractivity contribution in [2.75, 3.05) is 5.32 Å². The van der Waals surface area contributed by atoms with Crippen molar-refractivity contribution < 1.29 is 19.1 Å². The summed E-state index contributed by atoms with van der Waals surface area (Å²) >= 11 is 0. The molecule has 2 N–H and O–H groups in total. The number of ether oxygens (including phenoxy) is 1. The topological polar surface area (TPSA) is 87.7 Å². The van der Waals surface area contributed by atoms with Gasteiger partial charge in [0.25, 0.3) is 0 Å². The van der Waals surface area contributed by atoms with E-state index in [0.717, 1.165) is 29.5 Å². The van der Waals surface area contributed by atoms with Gasteiger partial charge in [0.1, 0.15) is 0 Å². The predicted molar refractivity (Wildman–Crippen MR) is 136 cm³/mol. The van der Waals surface area contributed by atoms with Crippen molar-refractivity contribution >= 4 is 23.6 Å². The summed E-state index contributed by atoms with van der Waals surface area (Å²) in [6.45, 7) is 2.27. The zero-order chi connectivity index (χ0) is 25.1. The number of hydrogen-bond donors (Lipinski definition) is 2. The van der Waals surface area contributed by atoms with E-state index in [2.05, 4.69) is 10.6 Å². The first-order chi connectivity index (χ1) is 17.5. The first-order valence-electron chi connectivity index (χ1n) is 12.2. The summed E-state index contributed by atoms with van der Waals surface area (Å²) in [4.78, 5) is 40.3. The van der Waals surface area contributed by atoms with Crippen LogP contribution in [0.1, 0.15) is 41.2 Å². The molecule has 3 aromatic rings. The Bertz CT molecular complexity index is 1260. The number of cyclic esters (lactones) is 1. The number of carbonyl (C=O) groups is 3. The molecule has 0 bridgehead atoms. The number of carbonyl (C=O) groups excluding carboxylic acids is 3. The van der Waals surface area contributed by atoms with Gasteiger partial charge >= 0.3 is 6.09 Å². The molecule has 2 atom stereocenters. The van der Waals surface area contributed by atoms with Crippen molar-refractivity contribution in [3.8, 4) is 0 Å². The maximum absolute atomic E-state index is 13.3. The first-order valence-corrected chi connectivity index (χ1v) is 12.2. The van der Waals surface area contributed by atoms with Gasteiger partial charge in [0, 0.05) is 11.7 Å². The average molecular weight is 484 g/mol. The Kier molecular flexibility index (Phi) is 6.71. The molecule has 3 amide bonds. The lowest BCUT2D eigenvalue weighted by Gasteiger charge is -2.24. The van der Waals surface area contributed by atoms with Gasteiger partial charge in [-0.2, -0.15) is 0 Å². The molecule has 1 aliphatic heterocycles. The van der Waals surface area contributed by atoms with E-state index >= 15 is 0 Å². The molecule has 7 nitrogen and oxygen atoms in total. The van der Waals surface area contributed by atoms with E-state index < -0.39 is 18.2 Å². The van der Waals surface area contributed by atoms with Crippen molar-refractivity contribution in [2.45, 2.75) is 50.9 Å². The van der Waals surface area contributed by atoms with Crippen LogP contribution in [0, 0.1) is 6.92 Å². The summed E-state index contributed by atoms with van der Waals surface area (Å²) in [5, 5.41) is 5.95. The normalized spacial score (nSPS) is 19.0. The number of amides is 3. The standard InChI is InChI=1S/C29H29N3O4/c1-19-10-12-21(13-11-19)18-32-26(28(34)31-23-14-15-23)27(36-29(32)35)22-8-5-9-24(17-22)30-25(33)16-20-6-3-2-4-7-20/h2-13,17,23,26-27H,14-16,18H2,1H3,(H,30,33)(H,31,34). The van der Waals surface area contributed by atoms with E-state index in [1.54, 1.807) is 18.2 Å². The first kappa shape index (κ1) is 23.6. The quantitative estimate of drug-likeness (QED) is 0.493. The molecule has 3 aromatic carbocycles. The van der Waals surface area contributed by atoms with Gasteiger partial charge in [0.15, 0.2) is 12.1 Å². The minimum atomic E-state index is -0.810. The minimum Gasteiger partial charge on any atom is -0.438 e. The van der Waals surface area contributed by atoms with Gasteiger partial charge in [-0.15, -0.1) is 0 Å². The smallest absolute Gasteiger partial charge is 0.411 e. The van der Waals surface area contributed by atoms with E-state index in [-0.39, 0.29) is 30.8 Å². The molecule has 184 valence electrons. The third kappa shape index (κ3) is 5.57. The number of nitrogens with one attached hydrogen (secondary N) is 2. The van der Waals surface area contributed by atoms with E-state index in [1.165, 1.54) is 4.90 Å². The second-order valence-corrected chi connectivity index (χ2v) is 9.48. The zero-order valence-corrected chi connectivity index (χ0v) is 20.1. The molecule has 0 spiro atoms. The van der Waals surface area contributed by atoms with E-state index in [1.807, 2.05) is 67.6 Å². The molecule has 2 aliphatic rings. The number of aryl methyl sites for hydroxylation is 1. The summed E-state index contributed by atoms with van der Waals surface area (Å²) in [5.74, 6) is -0.371. The van der Waals surface area contributed by atoms with Gasteiger partial charge in [0.2, 0.25) is 11.8 Å². The predicted octanol–water partition coefficient (Wildman–Crippen LogP) is 4.52. The molecule has 1 saturated heterocycles. The highest BCUT2D eigenvalue weighted by Crippen LogP contribution is 2.35. The van der Waals surface area contributed by atoms with Crippen LogP contribution in [0.15, 0.2) is 78.9 Å². The van der Waals surface area contributed by atoms with E-state index in [4.69, 9.17) is 4.74 Å². The van der Waals surface area contributed by atoms with E-state index in [0.29, 0.717) is 11.3 Å². The average Bonchev–Trinajstić information content (AvgIpc) is 3.62. The van der Waals surface area contributed by atoms with Gasteiger partial charge in [-0.25, -0.2) is 4.79 Å². The van der Waals surface area contributed by atoms with Crippen molar-refractivity contribution in [1.82, 2.24) is 10.2 Å². The maximum atomic E-state index is 13.3. The fraction of sp³-hybridized carbons (Fsp3) is 0.276. The van der Waals surface area contributed by atoms with Crippen LogP contribution < -0.4 is 10.6 Å². The monoisotopic (exact) mass is 483 g/mol. The summed E-state index contributed by atoms with van der Waals surface area (Å²) in [6, 6.07) is 23.9. The lowest BCUT2D eigenvalue weighted by Crippen LogP contribution is -2.46. The van der Waals surface area contributed by atoms with E-state index in [9.17, 15) is 14.4 Å². The van der Waals surface area contributed by atoms with Crippen LogP contribution in [0.5, 0.6) is 0 Å². The highest BCUT2D eigenvalue weighted by molar-refractivity contribution is 5.92. The number of nitrogens with zero attached hydrogens (tertiary/aromatic N) is 1. The van der Waals surface area contributed by atoms with Gasteiger partial charge in [-0.1, -0.05) is 72.3 Å². The van der Waals surface area contributed by atoms with Crippen LogP contribution in [-0.2, 0) is 27.3 Å². The molecule has 1 aliphatic carbocycles. The molecule has 0 aromatic heterocycles. The Labute approximate surface area is 210 Å². The second kappa shape index (κ2) is 10.2. The maximum Gasteiger partial charge on any atom is 0.411 e. The lowest BCUT2D eigenvalue weighted by molar-refractivity contribution is -0.126. The third-order valence-electron chi connectivity index (χ3n) is 6.46. The number of hydrogen-bond acceptors (Lipinski definition) is 4. The molecule has 2 unspecified atom stereocenters. The van der Waals surface area contributed by atoms with Gasteiger partial charge in [0.05, 0.1) is 13.0 Å². The Morgan fingerprint density at radius 3 is 2.42 bits per heavy atom. The number of anilines is 1. The molecule has 1 heterocycles. The van der Waals surface area contributed by atoms with Crippen LogP contribution in [0.3, 0.4) is 0 Å². The van der Waals surface area contributed by atoms with Crippen LogP contribution in [0.4, 0.5) is 10.5 Å². The Morgan fingerprint density at radius 2 is 1.69 bits per heavy atom. The summed E-state index contributed by atoms with van der Waals surface area (Å²) < 4.78 is 5.76. The molecular formula is C29H29N3O4. The van der Waals surface area contributed by atoms with Gasteiger partial charge in [-0.05, 0) is 48.6 Å².